The van der Waals surface area contributed by atoms with E-state index in [0.717, 1.165) is 55.7 Å². The topological polar surface area (TPSA) is 16.4 Å². The second-order valence-electron chi connectivity index (χ2n) is 14.4. The number of benzene rings is 9. The van der Waals surface area contributed by atoms with Gasteiger partial charge in [-0.2, -0.15) is 0 Å². The Kier molecular flexibility index (Phi) is 8.04. The molecule has 0 fully saturated rings. The summed E-state index contributed by atoms with van der Waals surface area (Å²) < 4.78 is 8.84. The fourth-order valence-corrected chi connectivity index (χ4v) is 9.57. The van der Waals surface area contributed by atoms with Crippen LogP contribution in [0.3, 0.4) is 0 Å². The minimum atomic E-state index is 0.900. The third-order valence-electron chi connectivity index (χ3n) is 11.1. The predicted octanol–water partition coefficient (Wildman–Crippen LogP) is 16.1. The van der Waals surface area contributed by atoms with Crippen LogP contribution in [0.5, 0.6) is 0 Å². The van der Waals surface area contributed by atoms with Crippen LogP contribution in [0.25, 0.3) is 86.6 Å². The SMILES string of the molecule is c1ccc(-c2ccccc2-c2ccccc2-c2ccccc2N(c2ccc(-c3ccc4c(c3)oc3ccccc34)cc2)c2ccc3c(c2)sc2ccccc23)cc1. The van der Waals surface area contributed by atoms with E-state index in [1.165, 1.54) is 48.0 Å². The molecule has 0 spiro atoms. The van der Waals surface area contributed by atoms with Gasteiger partial charge in [-0.3, -0.25) is 0 Å². The molecular formula is C54H35NOS. The first-order valence-corrected chi connectivity index (χ1v) is 20.1. The van der Waals surface area contributed by atoms with Crippen molar-refractivity contribution in [3.63, 3.8) is 0 Å². The van der Waals surface area contributed by atoms with E-state index in [1.807, 2.05) is 23.5 Å². The van der Waals surface area contributed by atoms with Crippen LogP contribution in [0, 0.1) is 0 Å². The highest BCUT2D eigenvalue weighted by molar-refractivity contribution is 7.25. The zero-order valence-electron chi connectivity index (χ0n) is 31.0. The lowest BCUT2D eigenvalue weighted by Gasteiger charge is -2.29. The van der Waals surface area contributed by atoms with Gasteiger partial charge < -0.3 is 9.32 Å². The lowest BCUT2D eigenvalue weighted by Crippen LogP contribution is -2.11. The summed E-state index contributed by atoms with van der Waals surface area (Å²) in [6, 6.07) is 76.5. The van der Waals surface area contributed by atoms with Gasteiger partial charge in [0.1, 0.15) is 11.2 Å². The quantitative estimate of drug-likeness (QED) is 0.162. The number of hydrogen-bond donors (Lipinski definition) is 0. The number of para-hydroxylation sites is 2. The van der Waals surface area contributed by atoms with Crippen LogP contribution in [0.1, 0.15) is 0 Å². The van der Waals surface area contributed by atoms with E-state index in [4.69, 9.17) is 4.42 Å². The van der Waals surface area contributed by atoms with E-state index in [2.05, 4.69) is 205 Å². The lowest BCUT2D eigenvalue weighted by molar-refractivity contribution is 0.669. The van der Waals surface area contributed by atoms with Crippen molar-refractivity contribution in [2.45, 2.75) is 0 Å². The number of anilines is 3. The molecule has 2 heterocycles. The van der Waals surface area contributed by atoms with E-state index < -0.39 is 0 Å². The standard InChI is InChI=1S/C54H35NOS/c1-2-14-37(15-3-1)41-16-4-5-17-42(41)43-18-6-7-19-44(43)45-20-8-11-23-50(45)55(40-31-33-49-48-22-10-13-25-53(48)57-54(49)35-40)39-29-26-36(27-30-39)38-28-32-47-46-21-9-12-24-51(46)56-52(47)34-38/h1-35H. The van der Waals surface area contributed by atoms with Crippen LogP contribution in [-0.2, 0) is 0 Å². The molecule has 0 bridgehead atoms. The molecule has 2 nitrogen and oxygen atoms in total. The Morgan fingerprint density at radius 1 is 0.316 bits per heavy atom. The Balaban J connectivity index is 1.07. The number of thiophene rings is 1. The maximum absolute atomic E-state index is 6.27. The molecule has 0 radical (unpaired) electrons. The number of furan rings is 1. The number of hydrogen-bond acceptors (Lipinski definition) is 3. The van der Waals surface area contributed by atoms with Crippen molar-refractivity contribution < 1.29 is 4.42 Å². The zero-order valence-corrected chi connectivity index (χ0v) is 31.8. The minimum Gasteiger partial charge on any atom is -0.456 e. The van der Waals surface area contributed by atoms with Gasteiger partial charge in [-0.1, -0.05) is 158 Å². The third-order valence-corrected chi connectivity index (χ3v) is 12.3. The van der Waals surface area contributed by atoms with Crippen molar-refractivity contribution in [1.82, 2.24) is 0 Å². The highest BCUT2D eigenvalue weighted by Crippen LogP contribution is 2.47. The van der Waals surface area contributed by atoms with Gasteiger partial charge in [-0.05, 0) is 93.5 Å². The lowest BCUT2D eigenvalue weighted by atomic mass is 9.88. The Morgan fingerprint density at radius 2 is 0.860 bits per heavy atom. The van der Waals surface area contributed by atoms with Crippen molar-refractivity contribution in [3.05, 3.63) is 212 Å². The third kappa shape index (κ3) is 5.80. The Hall–Kier alpha value is -7.20. The molecule has 2 aromatic heterocycles. The molecule has 0 aliphatic heterocycles. The average Bonchev–Trinajstić information content (AvgIpc) is 3.85. The fraction of sp³-hybridized carbons (Fsp3) is 0. The maximum atomic E-state index is 6.27. The van der Waals surface area contributed by atoms with Crippen LogP contribution in [0.4, 0.5) is 17.1 Å². The number of fused-ring (bicyclic) bond motifs is 6. The molecule has 0 saturated carbocycles. The van der Waals surface area contributed by atoms with Crippen LogP contribution in [0.2, 0.25) is 0 Å². The molecule has 0 aliphatic rings. The monoisotopic (exact) mass is 745 g/mol. The maximum Gasteiger partial charge on any atom is 0.136 e. The van der Waals surface area contributed by atoms with Gasteiger partial charge in [-0.15, -0.1) is 11.3 Å². The summed E-state index contributed by atoms with van der Waals surface area (Å²) in [5.74, 6) is 0. The van der Waals surface area contributed by atoms with Crippen molar-refractivity contribution in [2.24, 2.45) is 0 Å². The first-order chi connectivity index (χ1) is 28.3. The van der Waals surface area contributed by atoms with E-state index in [1.54, 1.807) is 0 Å². The normalized spacial score (nSPS) is 11.5. The van der Waals surface area contributed by atoms with Crippen LogP contribution in [-0.4, -0.2) is 0 Å². The minimum absolute atomic E-state index is 0.900. The Bertz CT molecular complexity index is 3250. The van der Waals surface area contributed by atoms with Gasteiger partial charge in [-0.25, -0.2) is 0 Å². The first kappa shape index (κ1) is 33.2. The predicted molar refractivity (Wildman–Crippen MR) is 243 cm³/mol. The molecule has 11 aromatic rings. The zero-order chi connectivity index (χ0) is 37.7. The average molecular weight is 746 g/mol. The summed E-state index contributed by atoms with van der Waals surface area (Å²) in [5, 5.41) is 4.86. The van der Waals surface area contributed by atoms with Crippen molar-refractivity contribution in [3.8, 4) is 44.5 Å². The molecular weight excluding hydrogens is 711 g/mol. The second-order valence-corrected chi connectivity index (χ2v) is 15.5. The molecule has 268 valence electrons. The van der Waals surface area contributed by atoms with Crippen molar-refractivity contribution in [2.75, 3.05) is 4.90 Å². The summed E-state index contributed by atoms with van der Waals surface area (Å²) in [6.45, 7) is 0. The van der Waals surface area contributed by atoms with Gasteiger partial charge in [0.25, 0.3) is 0 Å². The molecule has 57 heavy (non-hydrogen) atoms. The first-order valence-electron chi connectivity index (χ1n) is 19.3. The summed E-state index contributed by atoms with van der Waals surface area (Å²) in [5.41, 5.74) is 14.5. The van der Waals surface area contributed by atoms with E-state index >= 15 is 0 Å². The highest BCUT2D eigenvalue weighted by atomic mass is 32.1. The smallest absolute Gasteiger partial charge is 0.136 e. The number of rotatable bonds is 7. The van der Waals surface area contributed by atoms with Gasteiger partial charge in [0.05, 0.1) is 5.69 Å². The molecule has 0 atom stereocenters. The second kappa shape index (κ2) is 13.8. The number of nitrogens with zero attached hydrogens (tertiary/aromatic N) is 1. The molecule has 0 saturated heterocycles. The summed E-state index contributed by atoms with van der Waals surface area (Å²) >= 11 is 1.85. The Labute approximate surface area is 335 Å². The van der Waals surface area contributed by atoms with Crippen molar-refractivity contribution in [1.29, 1.82) is 0 Å². The molecule has 9 aromatic carbocycles. The molecule has 3 heteroatoms. The molecule has 0 amide bonds. The summed E-state index contributed by atoms with van der Waals surface area (Å²) in [6.07, 6.45) is 0. The largest absolute Gasteiger partial charge is 0.456 e. The van der Waals surface area contributed by atoms with E-state index in [0.29, 0.717) is 0 Å². The van der Waals surface area contributed by atoms with Crippen LogP contribution in [0.15, 0.2) is 217 Å². The molecule has 0 N–H and O–H groups in total. The molecule has 11 rings (SSSR count). The van der Waals surface area contributed by atoms with E-state index in [9.17, 15) is 0 Å². The van der Waals surface area contributed by atoms with Gasteiger partial charge in [0.15, 0.2) is 0 Å². The fourth-order valence-electron chi connectivity index (χ4n) is 8.43. The van der Waals surface area contributed by atoms with Gasteiger partial charge in [0.2, 0.25) is 0 Å². The van der Waals surface area contributed by atoms with Gasteiger partial charge >= 0.3 is 0 Å². The Morgan fingerprint density at radius 3 is 1.67 bits per heavy atom. The highest BCUT2D eigenvalue weighted by Gasteiger charge is 2.21. The van der Waals surface area contributed by atoms with Crippen molar-refractivity contribution >= 4 is 70.5 Å². The summed E-state index contributed by atoms with van der Waals surface area (Å²) in [4.78, 5) is 2.42. The van der Waals surface area contributed by atoms with Crippen LogP contribution >= 0.6 is 11.3 Å². The van der Waals surface area contributed by atoms with Crippen LogP contribution < -0.4 is 4.90 Å². The molecule has 0 aliphatic carbocycles. The summed E-state index contributed by atoms with van der Waals surface area (Å²) in [7, 11) is 0. The van der Waals surface area contributed by atoms with E-state index in [-0.39, 0.29) is 0 Å². The molecule has 0 unspecified atom stereocenters. The van der Waals surface area contributed by atoms with Gasteiger partial charge in [0, 0.05) is 47.9 Å².